The predicted octanol–water partition coefficient (Wildman–Crippen LogP) is 3.71. The van der Waals surface area contributed by atoms with E-state index in [1.54, 1.807) is 12.4 Å². The molecule has 0 saturated carbocycles. The van der Waals surface area contributed by atoms with Crippen molar-refractivity contribution in [1.29, 1.82) is 0 Å². The van der Waals surface area contributed by atoms with E-state index in [-0.39, 0.29) is 6.03 Å². The quantitative estimate of drug-likeness (QED) is 0.662. The molecule has 0 saturated heterocycles. The average molecular weight is 354 g/mol. The van der Waals surface area contributed by atoms with E-state index in [4.69, 9.17) is 4.74 Å². The van der Waals surface area contributed by atoms with Gasteiger partial charge in [-0.05, 0) is 25.1 Å². The molecular weight excluding hydrogens is 336 g/mol. The van der Waals surface area contributed by atoms with E-state index in [1.807, 2.05) is 49.4 Å². The van der Waals surface area contributed by atoms with Gasteiger partial charge >= 0.3 is 6.03 Å². The number of nitrogens with zero attached hydrogens (tertiary/aromatic N) is 2. The van der Waals surface area contributed by atoms with Crippen LogP contribution in [0.25, 0.3) is 10.4 Å². The Morgan fingerprint density at radius 2 is 2.04 bits per heavy atom. The summed E-state index contributed by atoms with van der Waals surface area (Å²) in [6, 6.07) is 13.0. The monoisotopic (exact) mass is 354 g/mol. The molecule has 2 heterocycles. The summed E-state index contributed by atoms with van der Waals surface area (Å²) in [5, 5.41) is 6.06. The fraction of sp³-hybridized carbons (Fsp3) is 0.167. The molecule has 0 unspecified atom stereocenters. The first-order chi connectivity index (χ1) is 12.2. The first kappa shape index (κ1) is 16.9. The van der Waals surface area contributed by atoms with Gasteiger partial charge in [-0.15, -0.1) is 0 Å². The maximum Gasteiger partial charge on any atom is 0.321 e. The summed E-state index contributed by atoms with van der Waals surface area (Å²) in [7, 11) is 0. The fourth-order valence-electron chi connectivity index (χ4n) is 2.21. The number of benzene rings is 1. The van der Waals surface area contributed by atoms with Gasteiger partial charge in [0.05, 0.1) is 17.1 Å². The van der Waals surface area contributed by atoms with Gasteiger partial charge in [-0.25, -0.2) is 9.78 Å². The highest BCUT2D eigenvalue weighted by atomic mass is 32.1. The number of para-hydroxylation sites is 1. The highest BCUT2D eigenvalue weighted by Gasteiger charge is 2.11. The zero-order valence-corrected chi connectivity index (χ0v) is 14.5. The first-order valence-electron chi connectivity index (χ1n) is 7.83. The number of hydrogen-bond donors (Lipinski definition) is 2. The number of aromatic nitrogens is 2. The van der Waals surface area contributed by atoms with Gasteiger partial charge in [-0.2, -0.15) is 0 Å². The van der Waals surface area contributed by atoms with Gasteiger partial charge in [0, 0.05) is 18.0 Å². The van der Waals surface area contributed by atoms with Gasteiger partial charge in [-0.3, -0.25) is 10.3 Å². The van der Waals surface area contributed by atoms with Crippen molar-refractivity contribution in [3.8, 4) is 16.2 Å². The number of thiazole rings is 1. The Bertz CT molecular complexity index is 822. The zero-order valence-electron chi connectivity index (χ0n) is 13.7. The van der Waals surface area contributed by atoms with E-state index in [1.165, 1.54) is 11.3 Å². The molecule has 7 heteroatoms. The smallest absolute Gasteiger partial charge is 0.321 e. The maximum atomic E-state index is 12.0. The molecule has 0 aliphatic carbocycles. The highest BCUT2D eigenvalue weighted by Crippen LogP contribution is 2.31. The van der Waals surface area contributed by atoms with Crippen LogP contribution in [0, 0.1) is 6.92 Å². The summed E-state index contributed by atoms with van der Waals surface area (Å²) in [5.74, 6) is 0.779. The van der Waals surface area contributed by atoms with Crippen LogP contribution >= 0.6 is 11.3 Å². The van der Waals surface area contributed by atoms with Crippen LogP contribution in [0.15, 0.2) is 54.9 Å². The number of ether oxygens (including phenoxy) is 1. The molecule has 2 N–H and O–H groups in total. The lowest BCUT2D eigenvalue weighted by Crippen LogP contribution is -2.32. The minimum absolute atomic E-state index is 0.303. The minimum Gasteiger partial charge on any atom is -0.492 e. The molecule has 3 aromatic rings. The van der Waals surface area contributed by atoms with E-state index < -0.39 is 0 Å². The maximum absolute atomic E-state index is 12.0. The summed E-state index contributed by atoms with van der Waals surface area (Å²) < 4.78 is 5.53. The molecule has 2 amide bonds. The van der Waals surface area contributed by atoms with Gasteiger partial charge in [0.15, 0.2) is 5.13 Å². The molecule has 0 aliphatic heterocycles. The number of urea groups is 1. The Hall–Kier alpha value is -2.93. The second-order valence-corrected chi connectivity index (χ2v) is 6.22. The number of aryl methyl sites for hydroxylation is 1. The van der Waals surface area contributed by atoms with Crippen LogP contribution in [-0.4, -0.2) is 29.2 Å². The minimum atomic E-state index is -0.303. The van der Waals surface area contributed by atoms with Gasteiger partial charge in [-0.1, -0.05) is 35.6 Å². The lowest BCUT2D eigenvalue weighted by Gasteiger charge is -2.07. The van der Waals surface area contributed by atoms with Crippen LogP contribution in [0.1, 0.15) is 5.69 Å². The topological polar surface area (TPSA) is 76.1 Å². The highest BCUT2D eigenvalue weighted by molar-refractivity contribution is 7.19. The van der Waals surface area contributed by atoms with Crippen molar-refractivity contribution in [3.63, 3.8) is 0 Å². The lowest BCUT2D eigenvalue weighted by molar-refractivity contribution is 0.247. The van der Waals surface area contributed by atoms with E-state index in [9.17, 15) is 4.79 Å². The number of hydrogen-bond acceptors (Lipinski definition) is 5. The van der Waals surface area contributed by atoms with Crippen LogP contribution < -0.4 is 15.4 Å². The Labute approximate surface area is 149 Å². The largest absolute Gasteiger partial charge is 0.492 e. The molecule has 2 aromatic heterocycles. The van der Waals surface area contributed by atoms with Crippen LogP contribution in [0.5, 0.6) is 5.75 Å². The number of carbonyl (C=O) groups excluding carboxylic acids is 1. The molecule has 0 aliphatic rings. The molecule has 0 spiro atoms. The Morgan fingerprint density at radius 3 is 2.80 bits per heavy atom. The predicted molar refractivity (Wildman–Crippen MR) is 99.0 cm³/mol. The molecular formula is C18H18N4O2S. The van der Waals surface area contributed by atoms with E-state index in [0.29, 0.717) is 18.3 Å². The van der Waals surface area contributed by atoms with Crippen LogP contribution in [0.3, 0.4) is 0 Å². The van der Waals surface area contributed by atoms with Crippen molar-refractivity contribution >= 4 is 22.5 Å². The van der Waals surface area contributed by atoms with Crippen molar-refractivity contribution in [2.24, 2.45) is 0 Å². The molecule has 128 valence electrons. The van der Waals surface area contributed by atoms with Gasteiger partial charge in [0.1, 0.15) is 12.4 Å². The summed E-state index contributed by atoms with van der Waals surface area (Å²) >= 11 is 1.42. The summed E-state index contributed by atoms with van der Waals surface area (Å²) in [6.07, 6.45) is 3.51. The summed E-state index contributed by atoms with van der Waals surface area (Å²) in [5.41, 5.74) is 1.85. The Balaban J connectivity index is 1.48. The van der Waals surface area contributed by atoms with Crippen LogP contribution in [0.2, 0.25) is 0 Å². The third-order valence-electron chi connectivity index (χ3n) is 3.34. The molecule has 3 rings (SSSR count). The average Bonchev–Trinajstić information content (AvgIpc) is 3.00. The molecule has 0 fully saturated rings. The summed E-state index contributed by atoms with van der Waals surface area (Å²) in [4.78, 5) is 21.5. The van der Waals surface area contributed by atoms with Crippen molar-refractivity contribution in [1.82, 2.24) is 15.3 Å². The summed E-state index contributed by atoms with van der Waals surface area (Å²) in [6.45, 7) is 2.71. The number of pyridine rings is 1. The van der Waals surface area contributed by atoms with Crippen LogP contribution in [-0.2, 0) is 0 Å². The van der Waals surface area contributed by atoms with Crippen LogP contribution in [0.4, 0.5) is 9.93 Å². The molecule has 0 atom stereocenters. The standard InChI is InChI=1S/C18H18N4O2S/c1-13-16(14-6-5-9-19-12-14)25-18(21-13)22-17(23)20-10-11-24-15-7-3-2-4-8-15/h2-9,12H,10-11H2,1H3,(H2,20,21,22,23). The number of anilines is 1. The third kappa shape index (κ3) is 4.77. The Morgan fingerprint density at radius 1 is 1.20 bits per heavy atom. The zero-order chi connectivity index (χ0) is 17.5. The van der Waals surface area contributed by atoms with Crippen molar-refractivity contribution < 1.29 is 9.53 Å². The van der Waals surface area contributed by atoms with Gasteiger partial charge in [0.2, 0.25) is 0 Å². The van der Waals surface area contributed by atoms with E-state index >= 15 is 0 Å². The molecule has 6 nitrogen and oxygen atoms in total. The van der Waals surface area contributed by atoms with Gasteiger partial charge in [0.25, 0.3) is 0 Å². The van der Waals surface area contributed by atoms with Crippen molar-refractivity contribution in [2.75, 3.05) is 18.5 Å². The molecule has 25 heavy (non-hydrogen) atoms. The molecule has 1 aromatic carbocycles. The van der Waals surface area contributed by atoms with E-state index in [2.05, 4.69) is 20.6 Å². The lowest BCUT2D eigenvalue weighted by atomic mass is 10.2. The molecule has 0 radical (unpaired) electrons. The normalized spacial score (nSPS) is 10.3. The van der Waals surface area contributed by atoms with E-state index in [0.717, 1.165) is 21.9 Å². The van der Waals surface area contributed by atoms with Crippen molar-refractivity contribution in [3.05, 3.63) is 60.6 Å². The second-order valence-electron chi connectivity index (χ2n) is 5.22. The number of rotatable bonds is 6. The number of carbonyl (C=O) groups is 1. The number of amides is 2. The molecule has 0 bridgehead atoms. The second kappa shape index (κ2) is 8.25. The number of nitrogens with one attached hydrogen (secondary N) is 2. The van der Waals surface area contributed by atoms with Gasteiger partial charge < -0.3 is 10.1 Å². The first-order valence-corrected chi connectivity index (χ1v) is 8.64. The third-order valence-corrected chi connectivity index (χ3v) is 4.46. The fourth-order valence-corrected chi connectivity index (χ4v) is 3.16. The van der Waals surface area contributed by atoms with Crippen molar-refractivity contribution in [2.45, 2.75) is 6.92 Å². The Kier molecular flexibility index (Phi) is 5.58. The SMILES string of the molecule is Cc1nc(NC(=O)NCCOc2ccccc2)sc1-c1cccnc1.